The molecule has 1 aliphatic heterocycles. The Hall–Kier alpha value is -1.73. The van der Waals surface area contributed by atoms with E-state index in [2.05, 4.69) is 15.5 Å². The van der Waals surface area contributed by atoms with Gasteiger partial charge in [-0.25, -0.2) is 9.18 Å². The van der Waals surface area contributed by atoms with Crippen LogP contribution in [-0.4, -0.2) is 46.6 Å². The number of hydrogen-bond donors (Lipinski definition) is 1. The second-order valence-corrected chi connectivity index (χ2v) is 7.02. The molecular formula is C16H18ClFN4OS. The summed E-state index contributed by atoms with van der Waals surface area (Å²) in [4.78, 5) is 13.9. The molecule has 2 heterocycles. The van der Waals surface area contributed by atoms with Crippen LogP contribution < -0.4 is 5.32 Å². The molecule has 1 aliphatic rings. The van der Waals surface area contributed by atoms with Crippen molar-refractivity contribution in [3.63, 3.8) is 0 Å². The van der Waals surface area contributed by atoms with E-state index < -0.39 is 0 Å². The van der Waals surface area contributed by atoms with Crippen LogP contribution >= 0.6 is 22.9 Å². The van der Waals surface area contributed by atoms with Crippen LogP contribution in [0.25, 0.3) is 10.6 Å². The number of amides is 2. The molecule has 0 bridgehead atoms. The third-order valence-corrected chi connectivity index (χ3v) is 5.28. The van der Waals surface area contributed by atoms with Crippen molar-refractivity contribution in [1.82, 2.24) is 20.4 Å². The summed E-state index contributed by atoms with van der Waals surface area (Å²) in [5.41, 5.74) is 0.466. The van der Waals surface area contributed by atoms with E-state index in [1.807, 2.05) is 0 Å². The Morgan fingerprint density at radius 3 is 3.04 bits per heavy atom. The number of carbonyl (C=O) groups is 1. The number of urea groups is 1. The number of halogens is 2. The summed E-state index contributed by atoms with van der Waals surface area (Å²) in [5.74, 6) is 0.232. The van der Waals surface area contributed by atoms with Crippen LogP contribution in [-0.2, 0) is 0 Å². The van der Waals surface area contributed by atoms with E-state index in [9.17, 15) is 9.18 Å². The lowest BCUT2D eigenvalue weighted by Gasteiger charge is -2.31. The van der Waals surface area contributed by atoms with Crippen molar-refractivity contribution >= 4 is 29.0 Å². The first kappa shape index (κ1) is 17.1. The second kappa shape index (κ2) is 7.90. The molecule has 1 fully saturated rings. The van der Waals surface area contributed by atoms with E-state index in [0.717, 1.165) is 24.4 Å². The maximum atomic E-state index is 13.9. The average Bonchev–Trinajstić information content (AvgIpc) is 3.10. The fourth-order valence-corrected chi connectivity index (χ4v) is 3.86. The third kappa shape index (κ3) is 3.84. The minimum absolute atomic E-state index is 0.0980. The maximum Gasteiger partial charge on any atom is 0.317 e. The Bertz CT molecular complexity index is 711. The van der Waals surface area contributed by atoms with Gasteiger partial charge in [-0.3, -0.25) is 0 Å². The van der Waals surface area contributed by atoms with Crippen molar-refractivity contribution in [2.45, 2.75) is 18.8 Å². The number of nitrogens with zero attached hydrogens (tertiary/aromatic N) is 3. The zero-order chi connectivity index (χ0) is 16.9. The molecule has 1 aromatic heterocycles. The maximum absolute atomic E-state index is 13.9. The van der Waals surface area contributed by atoms with Crippen molar-refractivity contribution < 1.29 is 9.18 Å². The second-order valence-electron chi connectivity index (χ2n) is 5.63. The van der Waals surface area contributed by atoms with Crippen LogP contribution in [0.4, 0.5) is 9.18 Å². The van der Waals surface area contributed by atoms with E-state index in [4.69, 9.17) is 11.6 Å². The summed E-state index contributed by atoms with van der Waals surface area (Å²) >= 11 is 7.00. The minimum Gasteiger partial charge on any atom is -0.337 e. The number of aromatic nitrogens is 2. The third-order valence-electron chi connectivity index (χ3n) is 3.97. The molecule has 0 saturated carbocycles. The van der Waals surface area contributed by atoms with Gasteiger partial charge in [-0.2, -0.15) is 0 Å². The number of benzene rings is 1. The molecule has 1 aromatic carbocycles. The predicted octanol–water partition coefficient (Wildman–Crippen LogP) is 3.47. The van der Waals surface area contributed by atoms with Crippen molar-refractivity contribution in [3.8, 4) is 10.6 Å². The molecular weight excluding hydrogens is 351 g/mol. The number of piperidine rings is 1. The summed E-state index contributed by atoms with van der Waals surface area (Å²) in [6.07, 6.45) is 1.86. The molecule has 8 heteroatoms. The van der Waals surface area contributed by atoms with Crippen molar-refractivity contribution in [2.75, 3.05) is 25.5 Å². The Kier molecular flexibility index (Phi) is 5.63. The van der Waals surface area contributed by atoms with Gasteiger partial charge in [0.25, 0.3) is 0 Å². The number of nitrogens with one attached hydrogen (secondary N) is 1. The Balaban J connectivity index is 1.71. The lowest BCUT2D eigenvalue weighted by atomic mass is 9.99. The Morgan fingerprint density at radius 1 is 1.42 bits per heavy atom. The van der Waals surface area contributed by atoms with Gasteiger partial charge in [-0.15, -0.1) is 21.8 Å². The number of carbonyl (C=O) groups excluding carboxylic acids is 1. The number of hydrogen-bond acceptors (Lipinski definition) is 4. The first-order valence-electron chi connectivity index (χ1n) is 7.86. The van der Waals surface area contributed by atoms with Gasteiger partial charge in [-0.05, 0) is 25.0 Å². The monoisotopic (exact) mass is 368 g/mol. The van der Waals surface area contributed by atoms with Gasteiger partial charge in [0.15, 0.2) is 5.01 Å². The average molecular weight is 369 g/mol. The van der Waals surface area contributed by atoms with Gasteiger partial charge in [0, 0.05) is 37.0 Å². The van der Waals surface area contributed by atoms with Crippen LogP contribution in [0.5, 0.6) is 0 Å². The van der Waals surface area contributed by atoms with Gasteiger partial charge in [0.1, 0.15) is 10.8 Å². The molecule has 0 spiro atoms. The zero-order valence-electron chi connectivity index (χ0n) is 13.0. The normalized spacial score (nSPS) is 17.8. The molecule has 1 saturated heterocycles. The van der Waals surface area contributed by atoms with Crippen molar-refractivity contribution in [2.24, 2.45) is 0 Å². The van der Waals surface area contributed by atoms with Gasteiger partial charge in [0.2, 0.25) is 0 Å². The zero-order valence-corrected chi connectivity index (χ0v) is 14.6. The molecule has 24 heavy (non-hydrogen) atoms. The van der Waals surface area contributed by atoms with E-state index in [-0.39, 0.29) is 17.8 Å². The first-order valence-corrected chi connectivity index (χ1v) is 9.21. The topological polar surface area (TPSA) is 58.1 Å². The molecule has 0 aliphatic carbocycles. The summed E-state index contributed by atoms with van der Waals surface area (Å²) < 4.78 is 13.9. The van der Waals surface area contributed by atoms with Crippen LogP contribution in [0.2, 0.25) is 0 Å². The Morgan fingerprint density at radius 2 is 2.25 bits per heavy atom. The molecule has 128 valence electrons. The smallest absolute Gasteiger partial charge is 0.317 e. The highest BCUT2D eigenvalue weighted by molar-refractivity contribution is 7.14. The van der Waals surface area contributed by atoms with Gasteiger partial charge in [0.05, 0.1) is 0 Å². The van der Waals surface area contributed by atoms with Crippen LogP contribution in [0, 0.1) is 5.82 Å². The predicted molar refractivity (Wildman–Crippen MR) is 93.0 cm³/mol. The summed E-state index contributed by atoms with van der Waals surface area (Å²) in [5, 5.41) is 12.6. The molecule has 1 N–H and O–H groups in total. The fourth-order valence-electron chi connectivity index (χ4n) is 2.77. The fraction of sp³-hybridized carbons (Fsp3) is 0.438. The number of rotatable bonds is 4. The molecule has 5 nitrogen and oxygen atoms in total. The number of alkyl halides is 1. The molecule has 1 unspecified atom stereocenters. The summed E-state index contributed by atoms with van der Waals surface area (Å²) in [7, 11) is 0. The van der Waals surface area contributed by atoms with E-state index >= 15 is 0 Å². The van der Waals surface area contributed by atoms with Crippen molar-refractivity contribution in [3.05, 3.63) is 35.1 Å². The number of likely N-dealkylation sites (tertiary alicyclic amines) is 1. The quantitative estimate of drug-likeness (QED) is 0.840. The highest BCUT2D eigenvalue weighted by Crippen LogP contribution is 2.33. The highest BCUT2D eigenvalue weighted by atomic mass is 35.5. The van der Waals surface area contributed by atoms with Gasteiger partial charge >= 0.3 is 6.03 Å². The highest BCUT2D eigenvalue weighted by Gasteiger charge is 2.27. The molecule has 1 atom stereocenters. The first-order chi connectivity index (χ1) is 11.7. The standard InChI is InChI=1S/C16H18ClFN4OS/c17-7-8-19-16(23)22-9-3-4-11(10-22)14-20-21-15(24-14)12-5-1-2-6-13(12)18/h1-2,5-6,11H,3-4,7-10H2,(H,19,23). The van der Waals surface area contributed by atoms with Crippen molar-refractivity contribution in [1.29, 1.82) is 0 Å². The van der Waals surface area contributed by atoms with Gasteiger partial charge < -0.3 is 10.2 Å². The van der Waals surface area contributed by atoms with Crippen LogP contribution in [0.1, 0.15) is 23.8 Å². The van der Waals surface area contributed by atoms with E-state index in [0.29, 0.717) is 29.5 Å². The Labute approximate surface area is 148 Å². The lowest BCUT2D eigenvalue weighted by Crippen LogP contribution is -2.45. The molecule has 0 radical (unpaired) electrons. The summed E-state index contributed by atoms with van der Waals surface area (Å²) in [6.45, 7) is 1.78. The summed E-state index contributed by atoms with van der Waals surface area (Å²) in [6, 6.07) is 6.45. The SMILES string of the molecule is O=C(NCCCl)N1CCCC(c2nnc(-c3ccccc3F)s2)C1. The minimum atomic E-state index is -0.300. The van der Waals surface area contributed by atoms with Gasteiger partial charge in [-0.1, -0.05) is 23.5 Å². The van der Waals surface area contributed by atoms with E-state index in [1.165, 1.54) is 17.4 Å². The molecule has 2 amide bonds. The van der Waals surface area contributed by atoms with Crippen LogP contribution in [0.15, 0.2) is 24.3 Å². The molecule has 3 rings (SSSR count). The molecule has 2 aromatic rings. The largest absolute Gasteiger partial charge is 0.337 e. The van der Waals surface area contributed by atoms with Crippen LogP contribution in [0.3, 0.4) is 0 Å². The van der Waals surface area contributed by atoms with E-state index in [1.54, 1.807) is 23.1 Å². The lowest BCUT2D eigenvalue weighted by molar-refractivity contribution is 0.180.